The second kappa shape index (κ2) is 35.8. The quantitative estimate of drug-likeness (QED) is 0.0250. The lowest BCUT2D eigenvalue weighted by Gasteiger charge is -2.34. The van der Waals surface area contributed by atoms with Gasteiger partial charge in [0, 0.05) is 76.0 Å². The standard InChI is InChI=1S/C24H30N4O2.C24H29N3O2.C22H31N3O4/c1-3-8-21-11-7-12-22(24(21)30)17-25-26(2)23(29)19-28-15-13-27(14-16-28)18-20-9-5-4-6-10-20;1-2-7-21-10-6-11-22(24(21)29)17-25-26-23(28)18-27-14-12-20(13-15-27)16-19-8-4-3-5-9-19;1-5-7-17-8-6-9-18(20(17)27)15-23-24-19(26)14-16-10-12-25(13-11-16)21(28)29-22(2,3)4/h3-7,9-12,17,30H,1,8,13-16,18-19H2,2H3;2-6,8-11,17,20,29H,1,7,12-16,18H2,(H,26,28);5-6,8-9,15-16,27H,1,7,10-14H2,2-4H3,(H,24,26)/b2*25-17+;23-15+. The summed E-state index contributed by atoms with van der Waals surface area (Å²) in [5, 5.41) is 44.2. The molecule has 3 heterocycles. The molecule has 5 N–H and O–H groups in total. The van der Waals surface area contributed by atoms with Crippen LogP contribution in [0.4, 0.5) is 4.79 Å². The maximum Gasteiger partial charge on any atom is 0.410 e. The van der Waals surface area contributed by atoms with Gasteiger partial charge in [-0.15, -0.1) is 19.7 Å². The maximum absolute atomic E-state index is 12.5. The molecule has 4 amide bonds. The first-order valence-electron chi connectivity index (χ1n) is 30.3. The average Bonchev–Trinajstić information content (AvgIpc) is 3.65. The van der Waals surface area contributed by atoms with Crippen molar-refractivity contribution in [3.05, 3.63) is 198 Å². The molecule has 18 heteroatoms. The van der Waals surface area contributed by atoms with Crippen molar-refractivity contribution in [2.75, 3.05) is 72.5 Å². The fourth-order valence-corrected chi connectivity index (χ4v) is 10.4. The molecule has 0 spiro atoms. The van der Waals surface area contributed by atoms with Gasteiger partial charge in [0.2, 0.25) is 5.91 Å². The number of nitrogens with zero attached hydrogens (tertiary/aromatic N) is 8. The molecule has 0 bridgehead atoms. The minimum atomic E-state index is -0.508. The molecule has 3 aliphatic rings. The van der Waals surface area contributed by atoms with Crippen LogP contribution in [0.15, 0.2) is 169 Å². The topological polar surface area (TPSA) is 216 Å². The van der Waals surface area contributed by atoms with Crippen LogP contribution in [0.25, 0.3) is 0 Å². The van der Waals surface area contributed by atoms with Crippen LogP contribution < -0.4 is 10.9 Å². The van der Waals surface area contributed by atoms with Gasteiger partial charge < -0.3 is 25.0 Å². The summed E-state index contributed by atoms with van der Waals surface area (Å²) in [6, 6.07) is 37.3. The summed E-state index contributed by atoms with van der Waals surface area (Å²) < 4.78 is 5.38. The molecule has 0 radical (unpaired) electrons. The average molecular weight is 1200 g/mol. The second-order valence-electron chi connectivity index (χ2n) is 23.4. The molecule has 3 aliphatic heterocycles. The molecule has 3 saturated heterocycles. The summed E-state index contributed by atoms with van der Waals surface area (Å²) in [7, 11) is 1.65. The Kier molecular flexibility index (Phi) is 27.8. The van der Waals surface area contributed by atoms with Crippen molar-refractivity contribution in [1.29, 1.82) is 0 Å². The third-order valence-corrected chi connectivity index (χ3v) is 15.3. The number of hydrogen-bond acceptors (Lipinski definition) is 14. The number of benzene rings is 5. The van der Waals surface area contributed by atoms with E-state index in [2.05, 4.69) is 109 Å². The highest BCUT2D eigenvalue weighted by Crippen LogP contribution is 2.26. The van der Waals surface area contributed by atoms with E-state index in [4.69, 9.17) is 4.74 Å². The van der Waals surface area contributed by atoms with Crippen molar-refractivity contribution in [2.45, 2.75) is 90.7 Å². The van der Waals surface area contributed by atoms with E-state index in [-0.39, 0.29) is 47.0 Å². The molecule has 3 fully saturated rings. The number of likely N-dealkylation sites (N-methyl/N-ethyl adjacent to an activating group) is 1. The number of rotatable bonds is 22. The van der Waals surface area contributed by atoms with Gasteiger partial charge in [0.1, 0.15) is 22.8 Å². The van der Waals surface area contributed by atoms with E-state index >= 15 is 0 Å². The lowest BCUT2D eigenvalue weighted by atomic mass is 9.90. The molecular weight excluding hydrogens is 1110 g/mol. The summed E-state index contributed by atoms with van der Waals surface area (Å²) in [6.45, 7) is 24.9. The van der Waals surface area contributed by atoms with Crippen molar-refractivity contribution in [1.82, 2.24) is 35.5 Å². The summed E-state index contributed by atoms with van der Waals surface area (Å²) in [4.78, 5) is 57.4. The van der Waals surface area contributed by atoms with E-state index in [0.717, 1.165) is 94.6 Å². The van der Waals surface area contributed by atoms with Crippen LogP contribution >= 0.6 is 0 Å². The normalized spacial score (nSPS) is 15.4. The van der Waals surface area contributed by atoms with Crippen LogP contribution in [-0.2, 0) is 51.3 Å². The number of hydrazone groups is 3. The van der Waals surface area contributed by atoms with Gasteiger partial charge in [0.25, 0.3) is 11.8 Å². The zero-order chi connectivity index (χ0) is 63.3. The number of allylic oxidation sites excluding steroid dienone is 3. The van der Waals surface area contributed by atoms with Crippen molar-refractivity contribution in [2.24, 2.45) is 27.1 Å². The van der Waals surface area contributed by atoms with Gasteiger partial charge in [-0.3, -0.25) is 29.1 Å². The number of carbonyl (C=O) groups is 4. The van der Waals surface area contributed by atoms with Crippen LogP contribution in [0, 0.1) is 11.8 Å². The predicted molar refractivity (Wildman–Crippen MR) is 350 cm³/mol. The zero-order valence-corrected chi connectivity index (χ0v) is 51.8. The Balaban J connectivity index is 0.000000211. The molecule has 0 aromatic heterocycles. The van der Waals surface area contributed by atoms with E-state index in [1.54, 1.807) is 48.4 Å². The minimum Gasteiger partial charge on any atom is -0.507 e. The van der Waals surface area contributed by atoms with Crippen LogP contribution in [-0.4, -0.2) is 160 Å². The molecule has 0 aliphatic carbocycles. The second-order valence-corrected chi connectivity index (χ2v) is 23.4. The van der Waals surface area contributed by atoms with Crippen LogP contribution in [0.2, 0.25) is 0 Å². The Bertz CT molecular complexity index is 3140. The highest BCUT2D eigenvalue weighted by molar-refractivity contribution is 5.87. The van der Waals surface area contributed by atoms with Crippen LogP contribution in [0.3, 0.4) is 0 Å². The molecular formula is C70H90N10O8. The maximum atomic E-state index is 12.5. The summed E-state index contributed by atoms with van der Waals surface area (Å²) in [5.74, 6) is 0.990. The number of nitrogens with one attached hydrogen (secondary N) is 2. The fraction of sp³-hybridized carbons (Fsp3) is 0.386. The molecule has 5 aromatic rings. The summed E-state index contributed by atoms with van der Waals surface area (Å²) in [6.07, 6.45) is 16.2. The first kappa shape index (κ1) is 68.4. The number of piperidine rings is 2. The molecule has 88 heavy (non-hydrogen) atoms. The largest absolute Gasteiger partial charge is 0.507 e. The Morgan fingerprint density at radius 3 is 1.49 bits per heavy atom. The number of phenolic OH excluding ortho intramolecular Hbond substituents is 3. The monoisotopic (exact) mass is 1200 g/mol. The van der Waals surface area contributed by atoms with Crippen molar-refractivity contribution < 1.29 is 39.2 Å². The van der Waals surface area contributed by atoms with Crippen LogP contribution in [0.1, 0.15) is 97.4 Å². The first-order chi connectivity index (χ1) is 42.4. The lowest BCUT2D eigenvalue weighted by Crippen LogP contribution is -2.48. The van der Waals surface area contributed by atoms with E-state index in [9.17, 15) is 34.5 Å². The van der Waals surface area contributed by atoms with Gasteiger partial charge in [-0.2, -0.15) is 15.3 Å². The first-order valence-corrected chi connectivity index (χ1v) is 30.3. The SMILES string of the molecule is C=CCc1cccc(/C=N/N(C)C(=O)CN2CCN(Cc3ccccc3)CC2)c1O.C=CCc1cccc(/C=N/NC(=O)CC2CCN(C(=O)OC(C)(C)C)CC2)c1O.C=CCc1cccc(/C=N/NC(=O)CN2CCC(Cc3ccccc3)CC2)c1O. The van der Waals surface area contributed by atoms with Crippen molar-refractivity contribution in [3.8, 4) is 17.2 Å². The summed E-state index contributed by atoms with van der Waals surface area (Å²) in [5.41, 5.74) is 11.3. The van der Waals surface area contributed by atoms with Crippen LogP contribution in [0.5, 0.6) is 17.2 Å². The van der Waals surface area contributed by atoms with Gasteiger partial charge in [-0.25, -0.2) is 20.7 Å². The molecule has 5 aromatic carbocycles. The number of amides is 4. The third kappa shape index (κ3) is 23.5. The molecule has 8 rings (SSSR count). The van der Waals surface area contributed by atoms with E-state index in [0.29, 0.717) is 74.5 Å². The smallest absolute Gasteiger partial charge is 0.410 e. The van der Waals surface area contributed by atoms with E-state index in [1.165, 1.54) is 34.8 Å². The van der Waals surface area contributed by atoms with E-state index in [1.807, 2.05) is 69.3 Å². The number of likely N-dealkylation sites (tertiary alicyclic amines) is 2. The molecule has 0 atom stereocenters. The third-order valence-electron chi connectivity index (χ3n) is 15.3. The number of carbonyl (C=O) groups excluding carboxylic acids is 4. The summed E-state index contributed by atoms with van der Waals surface area (Å²) >= 11 is 0. The Morgan fingerprint density at radius 2 is 1.00 bits per heavy atom. The van der Waals surface area contributed by atoms with Gasteiger partial charge >= 0.3 is 6.09 Å². The van der Waals surface area contributed by atoms with Gasteiger partial charge in [0.05, 0.1) is 31.7 Å². The van der Waals surface area contributed by atoms with Gasteiger partial charge in [-0.1, -0.05) is 115 Å². The number of piperazine rings is 1. The van der Waals surface area contributed by atoms with Gasteiger partial charge in [0.15, 0.2) is 0 Å². The Labute approximate surface area is 520 Å². The minimum absolute atomic E-state index is 0.0653. The molecule has 0 saturated carbocycles. The molecule has 0 unspecified atom stereocenters. The number of ether oxygens (including phenoxy) is 1. The van der Waals surface area contributed by atoms with E-state index < -0.39 is 5.60 Å². The Morgan fingerprint density at radius 1 is 0.557 bits per heavy atom. The predicted octanol–water partition coefficient (Wildman–Crippen LogP) is 9.86. The number of phenols is 3. The van der Waals surface area contributed by atoms with Gasteiger partial charge in [-0.05, 0) is 143 Å². The number of aromatic hydroxyl groups is 3. The fourth-order valence-electron chi connectivity index (χ4n) is 10.4. The van der Waals surface area contributed by atoms with Crippen molar-refractivity contribution >= 4 is 42.5 Å². The lowest BCUT2D eigenvalue weighted by molar-refractivity contribution is -0.131. The zero-order valence-electron chi connectivity index (χ0n) is 51.8. The Hall–Kier alpha value is -8.71. The number of para-hydroxylation sites is 3. The highest BCUT2D eigenvalue weighted by Gasteiger charge is 2.28. The van der Waals surface area contributed by atoms with Crippen molar-refractivity contribution in [3.63, 3.8) is 0 Å². The highest BCUT2D eigenvalue weighted by atomic mass is 16.6. The molecule has 468 valence electrons. The molecule has 18 nitrogen and oxygen atoms in total. The number of hydrogen-bond donors (Lipinski definition) is 5.